The van der Waals surface area contributed by atoms with Crippen LogP contribution in [0.1, 0.15) is 37.8 Å². The van der Waals surface area contributed by atoms with Gasteiger partial charge < -0.3 is 15.0 Å². The van der Waals surface area contributed by atoms with Crippen LogP contribution in [-0.2, 0) is 9.59 Å². The zero-order valence-corrected chi connectivity index (χ0v) is 14.2. The first-order valence-corrected chi connectivity index (χ1v) is 8.27. The second-order valence-corrected chi connectivity index (χ2v) is 5.89. The predicted molar refractivity (Wildman–Crippen MR) is 92.3 cm³/mol. The molecule has 1 aromatic rings. The molecule has 0 aliphatic carbocycles. The van der Waals surface area contributed by atoms with E-state index in [-0.39, 0.29) is 30.8 Å². The summed E-state index contributed by atoms with van der Waals surface area (Å²) in [7, 11) is 1.61. The first-order chi connectivity index (χ1) is 11.6. The van der Waals surface area contributed by atoms with Gasteiger partial charge in [0.15, 0.2) is 0 Å². The minimum Gasteiger partial charge on any atom is -0.497 e. The molecule has 5 nitrogen and oxygen atoms in total. The zero-order chi connectivity index (χ0) is 17.5. The van der Waals surface area contributed by atoms with E-state index in [9.17, 15) is 9.59 Å². The summed E-state index contributed by atoms with van der Waals surface area (Å²) < 4.78 is 5.19. The summed E-state index contributed by atoms with van der Waals surface area (Å²) in [5.41, 5.74) is 0.943. The topological polar surface area (TPSA) is 58.6 Å². The summed E-state index contributed by atoms with van der Waals surface area (Å²) in [5, 5.41) is 2.72. The van der Waals surface area contributed by atoms with Gasteiger partial charge in [-0.15, -0.1) is 6.42 Å². The molecule has 24 heavy (non-hydrogen) atoms. The van der Waals surface area contributed by atoms with E-state index in [1.165, 1.54) is 0 Å². The smallest absolute Gasteiger partial charge is 0.226 e. The monoisotopic (exact) mass is 328 g/mol. The molecule has 128 valence electrons. The van der Waals surface area contributed by atoms with Crippen LogP contribution in [-0.4, -0.2) is 36.9 Å². The number of hydrogen-bond donors (Lipinski definition) is 1. The normalized spacial score (nSPS) is 19.9. The average molecular weight is 328 g/mol. The molecule has 1 heterocycles. The minimum absolute atomic E-state index is 0.0186. The van der Waals surface area contributed by atoms with Crippen LogP contribution < -0.4 is 10.1 Å². The van der Waals surface area contributed by atoms with E-state index < -0.39 is 5.92 Å². The number of methoxy groups -OCH3 is 1. The minimum atomic E-state index is -0.420. The standard InChI is InChI=1S/C19H24N2O3/c1-4-6-12-21-17(22)13-16(19(23)20-11-5-2)18(21)14-7-9-15(24-3)10-8-14/h2,7-10,16,18H,4,6,11-13H2,1,3H3,(H,20,23)/t16-,18+/m1/s1. The molecule has 1 aliphatic heterocycles. The number of nitrogens with one attached hydrogen (secondary N) is 1. The van der Waals surface area contributed by atoms with E-state index in [2.05, 4.69) is 18.2 Å². The zero-order valence-electron chi connectivity index (χ0n) is 14.2. The Morgan fingerprint density at radius 2 is 2.12 bits per heavy atom. The van der Waals surface area contributed by atoms with E-state index >= 15 is 0 Å². The third-order valence-electron chi connectivity index (χ3n) is 4.34. The fraction of sp³-hybridized carbons (Fsp3) is 0.474. The van der Waals surface area contributed by atoms with Crippen LogP contribution in [0.3, 0.4) is 0 Å². The number of amides is 2. The molecule has 0 aromatic heterocycles. The average Bonchev–Trinajstić information content (AvgIpc) is 2.94. The van der Waals surface area contributed by atoms with Crippen molar-refractivity contribution in [2.45, 2.75) is 32.2 Å². The Hall–Kier alpha value is -2.48. The first-order valence-electron chi connectivity index (χ1n) is 8.27. The predicted octanol–water partition coefficient (Wildman–Crippen LogP) is 2.13. The lowest BCUT2D eigenvalue weighted by atomic mass is 9.92. The molecule has 1 saturated heterocycles. The number of terminal acetylenes is 1. The van der Waals surface area contributed by atoms with Gasteiger partial charge in [0.05, 0.1) is 25.6 Å². The van der Waals surface area contributed by atoms with Gasteiger partial charge in [0.25, 0.3) is 0 Å². The molecule has 5 heteroatoms. The molecule has 0 unspecified atom stereocenters. The van der Waals surface area contributed by atoms with Crippen molar-refractivity contribution < 1.29 is 14.3 Å². The fourth-order valence-corrected chi connectivity index (χ4v) is 3.10. The molecule has 0 saturated carbocycles. The van der Waals surface area contributed by atoms with Crippen molar-refractivity contribution in [1.29, 1.82) is 0 Å². The van der Waals surface area contributed by atoms with E-state index in [0.717, 1.165) is 24.2 Å². The van der Waals surface area contributed by atoms with Gasteiger partial charge in [-0.25, -0.2) is 0 Å². The lowest BCUT2D eigenvalue weighted by Gasteiger charge is -2.28. The maximum atomic E-state index is 12.5. The van der Waals surface area contributed by atoms with Gasteiger partial charge in [-0.1, -0.05) is 31.4 Å². The van der Waals surface area contributed by atoms with Crippen LogP contribution in [0.25, 0.3) is 0 Å². The molecule has 1 fully saturated rings. The van der Waals surface area contributed by atoms with Gasteiger partial charge >= 0.3 is 0 Å². The number of unbranched alkanes of at least 4 members (excludes halogenated alkanes) is 1. The van der Waals surface area contributed by atoms with Gasteiger partial charge in [-0.3, -0.25) is 9.59 Å². The molecule has 1 aromatic carbocycles. The van der Waals surface area contributed by atoms with Gasteiger partial charge in [0, 0.05) is 13.0 Å². The van der Waals surface area contributed by atoms with Crippen molar-refractivity contribution in [2.24, 2.45) is 5.92 Å². The van der Waals surface area contributed by atoms with E-state index in [1.54, 1.807) is 7.11 Å². The highest BCUT2D eigenvalue weighted by Gasteiger charge is 2.43. The van der Waals surface area contributed by atoms with Crippen LogP contribution in [0, 0.1) is 18.3 Å². The van der Waals surface area contributed by atoms with Gasteiger partial charge in [0.1, 0.15) is 5.75 Å². The lowest BCUT2D eigenvalue weighted by molar-refractivity contribution is -0.129. The third kappa shape index (κ3) is 3.88. The van der Waals surface area contributed by atoms with Crippen molar-refractivity contribution in [3.8, 4) is 18.1 Å². The van der Waals surface area contributed by atoms with Crippen LogP contribution in [0.15, 0.2) is 24.3 Å². The number of hydrogen-bond acceptors (Lipinski definition) is 3. The number of ether oxygens (including phenoxy) is 1. The molecule has 2 atom stereocenters. The number of nitrogens with zero attached hydrogens (tertiary/aromatic N) is 1. The van der Waals surface area contributed by atoms with Gasteiger partial charge in [0.2, 0.25) is 11.8 Å². The second-order valence-electron chi connectivity index (χ2n) is 5.89. The van der Waals surface area contributed by atoms with Crippen molar-refractivity contribution >= 4 is 11.8 Å². The van der Waals surface area contributed by atoms with Gasteiger partial charge in [-0.2, -0.15) is 0 Å². The molecule has 2 amide bonds. The van der Waals surface area contributed by atoms with Crippen LogP contribution in [0.2, 0.25) is 0 Å². The van der Waals surface area contributed by atoms with Crippen molar-refractivity contribution in [3.63, 3.8) is 0 Å². The molecule has 0 bridgehead atoms. The Kier molecular flexibility index (Phi) is 6.25. The highest BCUT2D eigenvalue weighted by Crippen LogP contribution is 2.39. The van der Waals surface area contributed by atoms with E-state index in [4.69, 9.17) is 11.2 Å². The third-order valence-corrected chi connectivity index (χ3v) is 4.34. The second kappa shape index (κ2) is 8.39. The Balaban J connectivity index is 2.29. The largest absolute Gasteiger partial charge is 0.497 e. The van der Waals surface area contributed by atoms with Crippen LogP contribution in [0.5, 0.6) is 5.75 Å². The van der Waals surface area contributed by atoms with Crippen LogP contribution in [0.4, 0.5) is 0 Å². The Morgan fingerprint density at radius 1 is 1.42 bits per heavy atom. The molecular weight excluding hydrogens is 304 g/mol. The molecule has 1 N–H and O–H groups in total. The quantitative estimate of drug-likeness (QED) is 0.780. The number of rotatable bonds is 7. The molecule has 2 rings (SSSR count). The summed E-state index contributed by atoms with van der Waals surface area (Å²) in [6.45, 7) is 2.92. The SMILES string of the molecule is C#CCNC(=O)[C@@H]1CC(=O)N(CCCC)[C@H]1c1ccc(OC)cc1. The summed E-state index contributed by atoms with van der Waals surface area (Å²) >= 11 is 0. The number of benzene rings is 1. The maximum absolute atomic E-state index is 12.5. The molecule has 0 spiro atoms. The van der Waals surface area contributed by atoms with Crippen LogP contribution >= 0.6 is 0 Å². The van der Waals surface area contributed by atoms with Crippen molar-refractivity contribution in [2.75, 3.05) is 20.2 Å². The Bertz CT molecular complexity index is 618. The highest BCUT2D eigenvalue weighted by molar-refractivity contribution is 5.90. The summed E-state index contributed by atoms with van der Waals surface area (Å²) in [5.74, 6) is 2.58. The fourth-order valence-electron chi connectivity index (χ4n) is 3.10. The van der Waals surface area contributed by atoms with Crippen molar-refractivity contribution in [3.05, 3.63) is 29.8 Å². The molecule has 0 radical (unpaired) electrons. The molecule has 1 aliphatic rings. The lowest BCUT2D eigenvalue weighted by Crippen LogP contribution is -2.36. The Labute approximate surface area is 143 Å². The Morgan fingerprint density at radius 3 is 2.71 bits per heavy atom. The number of carbonyl (C=O) groups excluding carboxylic acids is 2. The summed E-state index contributed by atoms with van der Waals surface area (Å²) in [4.78, 5) is 26.7. The molecular formula is C19H24N2O3. The maximum Gasteiger partial charge on any atom is 0.226 e. The van der Waals surface area contributed by atoms with E-state index in [1.807, 2.05) is 29.2 Å². The number of carbonyl (C=O) groups is 2. The van der Waals surface area contributed by atoms with Gasteiger partial charge in [-0.05, 0) is 24.1 Å². The highest BCUT2D eigenvalue weighted by atomic mass is 16.5. The number of likely N-dealkylation sites (tertiary alicyclic amines) is 1. The van der Waals surface area contributed by atoms with Crippen molar-refractivity contribution in [1.82, 2.24) is 10.2 Å². The van der Waals surface area contributed by atoms with E-state index in [0.29, 0.717) is 6.54 Å². The summed E-state index contributed by atoms with van der Waals surface area (Å²) in [6, 6.07) is 7.29. The summed E-state index contributed by atoms with van der Waals surface area (Å²) in [6.07, 6.45) is 7.34. The first kappa shape index (κ1) is 17.9.